The topological polar surface area (TPSA) is 17.1 Å². The lowest BCUT2D eigenvalue weighted by atomic mass is 9.95. The predicted molar refractivity (Wildman–Crippen MR) is 144 cm³/mol. The van der Waals surface area contributed by atoms with Crippen LogP contribution in [-0.4, -0.2) is 5.78 Å². The van der Waals surface area contributed by atoms with Gasteiger partial charge in [0, 0.05) is 30.5 Å². The standard InChI is InChI=1S/C30H18Br2O/c31-20-12-14-22-23-15-13-21(32)17-25(23)29-27(19-10-6-3-7-11-19)30(33)26(28(29)24(22)16-20)18-8-4-1-2-5-9-18/h1-4,6-17H,5H2. The summed E-state index contributed by atoms with van der Waals surface area (Å²) in [5.41, 5.74) is 3.49. The van der Waals surface area contributed by atoms with Crippen LogP contribution in [0.3, 0.4) is 0 Å². The molecule has 0 heterocycles. The zero-order valence-electron chi connectivity index (χ0n) is 17.6. The Morgan fingerprint density at radius 2 is 1.30 bits per heavy atom. The van der Waals surface area contributed by atoms with Gasteiger partial charge >= 0.3 is 0 Å². The Kier molecular flexibility index (Phi) is 5.05. The van der Waals surface area contributed by atoms with Gasteiger partial charge in [-0.1, -0.05) is 105 Å². The normalized spacial score (nSPS) is 15.3. The number of Topliss-reactive ketones (excluding diaryl/α,β-unsaturated/α-hetero) is 1. The maximum atomic E-state index is 14.2. The molecule has 0 radical (unpaired) electrons. The summed E-state index contributed by atoms with van der Waals surface area (Å²) in [6.07, 6.45) is 11.2. The van der Waals surface area contributed by atoms with E-state index in [9.17, 15) is 4.79 Å². The number of allylic oxidation sites excluding steroid dienone is 6. The molecular formula is C30H18Br2O. The van der Waals surface area contributed by atoms with Gasteiger partial charge < -0.3 is 0 Å². The Morgan fingerprint density at radius 3 is 1.97 bits per heavy atom. The second kappa shape index (κ2) is 8.09. The molecule has 4 aromatic rings. The van der Waals surface area contributed by atoms with Crippen LogP contribution in [0.4, 0.5) is 0 Å². The van der Waals surface area contributed by atoms with E-state index in [-0.39, 0.29) is 5.78 Å². The second-order valence-corrected chi connectivity index (χ2v) is 10.1. The third kappa shape index (κ3) is 3.30. The first-order valence-electron chi connectivity index (χ1n) is 10.9. The first kappa shape index (κ1) is 20.6. The molecule has 0 aliphatic heterocycles. The summed E-state index contributed by atoms with van der Waals surface area (Å²) in [6, 6.07) is 22.8. The molecule has 0 atom stereocenters. The molecule has 0 saturated carbocycles. The van der Waals surface area contributed by atoms with Crippen molar-refractivity contribution < 1.29 is 4.79 Å². The average molecular weight is 554 g/mol. The molecule has 6 rings (SSSR count). The Morgan fingerprint density at radius 1 is 0.667 bits per heavy atom. The summed E-state index contributed by atoms with van der Waals surface area (Å²) in [5, 5.41) is 6.53. The summed E-state index contributed by atoms with van der Waals surface area (Å²) < 4.78 is 2.00. The molecule has 0 unspecified atom stereocenters. The highest BCUT2D eigenvalue weighted by atomic mass is 79.9. The van der Waals surface area contributed by atoms with Crippen LogP contribution in [0.1, 0.15) is 12.0 Å². The Bertz CT molecular complexity index is 1700. The van der Waals surface area contributed by atoms with Gasteiger partial charge in [-0.3, -0.25) is 4.79 Å². The number of hydrogen-bond donors (Lipinski definition) is 0. The van der Waals surface area contributed by atoms with Gasteiger partial charge in [-0.15, -0.1) is 0 Å². The van der Waals surface area contributed by atoms with Crippen molar-refractivity contribution in [1.29, 1.82) is 0 Å². The van der Waals surface area contributed by atoms with Crippen molar-refractivity contribution in [2.24, 2.45) is 0 Å². The molecule has 2 aliphatic carbocycles. The van der Waals surface area contributed by atoms with Crippen molar-refractivity contribution in [3.63, 3.8) is 0 Å². The Labute approximate surface area is 208 Å². The third-order valence-electron chi connectivity index (χ3n) is 6.34. The van der Waals surface area contributed by atoms with E-state index < -0.39 is 0 Å². The lowest BCUT2D eigenvalue weighted by molar-refractivity contribution is -0.108. The monoisotopic (exact) mass is 552 g/mol. The lowest BCUT2D eigenvalue weighted by Crippen LogP contribution is -2.27. The highest BCUT2D eigenvalue weighted by molar-refractivity contribution is 9.10. The zero-order chi connectivity index (χ0) is 22.5. The van der Waals surface area contributed by atoms with Crippen molar-refractivity contribution in [3.8, 4) is 0 Å². The van der Waals surface area contributed by atoms with E-state index in [1.165, 1.54) is 0 Å². The predicted octanol–water partition coefficient (Wildman–Crippen LogP) is 6.89. The molecule has 0 spiro atoms. The van der Waals surface area contributed by atoms with Crippen molar-refractivity contribution in [3.05, 3.63) is 128 Å². The molecule has 0 saturated heterocycles. The fourth-order valence-corrected chi connectivity index (χ4v) is 5.70. The summed E-state index contributed by atoms with van der Waals surface area (Å²) in [5.74, 6) is 0.0859. The SMILES string of the molecule is O=C1C(C2=CCC=CC=C2)=c2c(c3cc(Br)ccc3c3ccc(Br)cc23)=C1c1ccccc1. The fraction of sp³-hybridized carbons (Fsp3) is 0.0333. The van der Waals surface area contributed by atoms with Crippen LogP contribution in [0.5, 0.6) is 0 Å². The molecule has 0 bridgehead atoms. The van der Waals surface area contributed by atoms with Gasteiger partial charge in [0.15, 0.2) is 5.78 Å². The maximum Gasteiger partial charge on any atom is 0.195 e. The molecule has 33 heavy (non-hydrogen) atoms. The van der Waals surface area contributed by atoms with E-state index in [1.54, 1.807) is 0 Å². The molecule has 0 fully saturated rings. The number of rotatable bonds is 2. The van der Waals surface area contributed by atoms with Crippen LogP contribution in [0.15, 0.2) is 112 Å². The van der Waals surface area contributed by atoms with E-state index in [2.05, 4.69) is 86.5 Å². The second-order valence-electron chi connectivity index (χ2n) is 8.26. The smallest absolute Gasteiger partial charge is 0.195 e. The van der Waals surface area contributed by atoms with Gasteiger partial charge in [0.2, 0.25) is 0 Å². The van der Waals surface area contributed by atoms with Crippen LogP contribution in [-0.2, 0) is 4.79 Å². The van der Waals surface area contributed by atoms with E-state index in [4.69, 9.17) is 0 Å². The molecule has 4 aromatic carbocycles. The minimum absolute atomic E-state index is 0.0859. The number of carbonyl (C=O) groups excluding carboxylic acids is 1. The lowest BCUT2D eigenvalue weighted by Gasteiger charge is -2.09. The van der Waals surface area contributed by atoms with Gasteiger partial charge in [0.05, 0.1) is 0 Å². The summed E-state index contributed by atoms with van der Waals surface area (Å²) in [6.45, 7) is 0. The van der Waals surface area contributed by atoms with Crippen molar-refractivity contribution in [2.75, 3.05) is 0 Å². The number of carbonyl (C=O) groups is 1. The number of halogens is 2. The molecule has 158 valence electrons. The van der Waals surface area contributed by atoms with Crippen LogP contribution in [0.25, 0.3) is 32.7 Å². The summed E-state index contributed by atoms with van der Waals surface area (Å²) in [7, 11) is 0. The van der Waals surface area contributed by atoms with E-state index in [1.807, 2.05) is 42.5 Å². The minimum Gasteiger partial charge on any atom is -0.289 e. The molecule has 2 aliphatic rings. The molecule has 0 N–H and O–H groups in total. The minimum atomic E-state index is 0.0859. The van der Waals surface area contributed by atoms with Crippen molar-refractivity contribution in [2.45, 2.75) is 6.42 Å². The van der Waals surface area contributed by atoms with E-state index in [0.717, 1.165) is 69.6 Å². The summed E-state index contributed by atoms with van der Waals surface area (Å²) in [4.78, 5) is 14.2. The van der Waals surface area contributed by atoms with Gasteiger partial charge in [-0.05, 0) is 63.4 Å². The molecular weight excluding hydrogens is 536 g/mol. The quantitative estimate of drug-likeness (QED) is 0.247. The zero-order valence-corrected chi connectivity index (χ0v) is 20.8. The van der Waals surface area contributed by atoms with Crippen molar-refractivity contribution >= 4 is 70.3 Å². The van der Waals surface area contributed by atoms with Gasteiger partial charge in [0.1, 0.15) is 0 Å². The Balaban J connectivity index is 1.94. The highest BCUT2D eigenvalue weighted by Crippen LogP contribution is 2.32. The third-order valence-corrected chi connectivity index (χ3v) is 7.33. The van der Waals surface area contributed by atoms with Crippen LogP contribution in [0.2, 0.25) is 0 Å². The highest BCUT2D eigenvalue weighted by Gasteiger charge is 2.29. The summed E-state index contributed by atoms with van der Waals surface area (Å²) >= 11 is 7.34. The fourth-order valence-electron chi connectivity index (χ4n) is 4.98. The first-order valence-corrected chi connectivity index (χ1v) is 12.4. The molecule has 0 amide bonds. The number of fused-ring (bicyclic) bond motifs is 6. The largest absolute Gasteiger partial charge is 0.289 e. The number of ketones is 1. The molecule has 0 aromatic heterocycles. The first-order chi connectivity index (χ1) is 16.1. The average Bonchev–Trinajstić information content (AvgIpc) is 2.96. The van der Waals surface area contributed by atoms with Crippen LogP contribution >= 0.6 is 31.9 Å². The molecule has 3 heteroatoms. The van der Waals surface area contributed by atoms with Crippen molar-refractivity contribution in [1.82, 2.24) is 0 Å². The molecule has 1 nitrogen and oxygen atoms in total. The van der Waals surface area contributed by atoms with Gasteiger partial charge in [-0.25, -0.2) is 0 Å². The van der Waals surface area contributed by atoms with E-state index in [0.29, 0.717) is 0 Å². The Hall–Kier alpha value is -3.01. The van der Waals surface area contributed by atoms with E-state index >= 15 is 0 Å². The number of hydrogen-bond acceptors (Lipinski definition) is 1. The van der Waals surface area contributed by atoms with Gasteiger partial charge in [0.25, 0.3) is 0 Å². The maximum absolute atomic E-state index is 14.2. The number of benzene rings is 4. The van der Waals surface area contributed by atoms with Crippen LogP contribution < -0.4 is 10.4 Å². The van der Waals surface area contributed by atoms with Gasteiger partial charge in [-0.2, -0.15) is 0 Å². The van der Waals surface area contributed by atoms with Crippen LogP contribution in [0, 0.1) is 0 Å².